The number of aromatic nitrogens is 1. The molecule has 0 amide bonds. The van der Waals surface area contributed by atoms with E-state index in [1.807, 2.05) is 0 Å². The Labute approximate surface area is 98.0 Å². The summed E-state index contributed by atoms with van der Waals surface area (Å²) >= 11 is 0. The van der Waals surface area contributed by atoms with Crippen LogP contribution in [0, 0.1) is 10.1 Å². The van der Waals surface area contributed by atoms with E-state index >= 15 is 0 Å². The average Bonchev–Trinajstić information content (AvgIpc) is 2.30. The highest BCUT2D eigenvalue weighted by Gasteiger charge is 2.13. The van der Waals surface area contributed by atoms with E-state index in [0.29, 0.717) is 25.8 Å². The fourth-order valence-corrected chi connectivity index (χ4v) is 1.46. The van der Waals surface area contributed by atoms with Crippen molar-refractivity contribution >= 4 is 11.5 Å². The third-order valence-electron chi connectivity index (χ3n) is 2.45. The predicted molar refractivity (Wildman–Crippen MR) is 61.9 cm³/mol. The van der Waals surface area contributed by atoms with E-state index in [4.69, 9.17) is 0 Å². The first-order chi connectivity index (χ1) is 8.06. The summed E-state index contributed by atoms with van der Waals surface area (Å²) in [4.78, 5) is 32.5. The number of hydrogen-bond acceptors (Lipinski definition) is 4. The number of Topliss-reactive ketones (excluding diaryl/α,β-unsaturated/α-hetero) is 1. The number of carbonyl (C=O) groups excluding carboxylic acids is 1. The zero-order chi connectivity index (χ0) is 12.8. The molecule has 0 aliphatic heterocycles. The molecule has 0 spiro atoms. The quantitative estimate of drug-likeness (QED) is 0.555. The molecule has 1 aromatic heterocycles. The topological polar surface area (TPSA) is 82.2 Å². The van der Waals surface area contributed by atoms with Gasteiger partial charge in [-0.3, -0.25) is 19.7 Å². The summed E-state index contributed by atoms with van der Waals surface area (Å²) in [6.07, 6.45) is 2.88. The molecule has 17 heavy (non-hydrogen) atoms. The van der Waals surface area contributed by atoms with E-state index in [0.717, 1.165) is 0 Å². The van der Waals surface area contributed by atoms with Crippen molar-refractivity contribution in [1.29, 1.82) is 0 Å². The number of hydrogen-bond donors (Lipinski definition) is 0. The Bertz CT molecular complexity index is 479. The fourth-order valence-electron chi connectivity index (χ4n) is 1.46. The maximum absolute atomic E-state index is 11.6. The molecular weight excluding hydrogens is 224 g/mol. The summed E-state index contributed by atoms with van der Waals surface area (Å²) in [7, 11) is 0. The van der Waals surface area contributed by atoms with Gasteiger partial charge in [-0.05, 0) is 12.5 Å². The molecule has 0 aliphatic carbocycles. The normalized spacial score (nSPS) is 10.2. The monoisotopic (exact) mass is 238 g/mol. The molecule has 0 aromatic carbocycles. The Morgan fingerprint density at radius 2 is 2.24 bits per heavy atom. The van der Waals surface area contributed by atoms with Gasteiger partial charge in [0.25, 0.3) is 0 Å². The van der Waals surface area contributed by atoms with E-state index < -0.39 is 16.2 Å². The summed E-state index contributed by atoms with van der Waals surface area (Å²) in [5, 5.41) is 10.5. The van der Waals surface area contributed by atoms with Crippen molar-refractivity contribution in [3.63, 3.8) is 0 Å². The molecule has 6 heteroatoms. The molecule has 0 N–H and O–H groups in total. The lowest BCUT2D eigenvalue weighted by Crippen LogP contribution is -2.22. The van der Waals surface area contributed by atoms with E-state index in [9.17, 15) is 19.7 Å². The van der Waals surface area contributed by atoms with E-state index in [2.05, 4.69) is 0 Å². The Morgan fingerprint density at radius 3 is 2.82 bits per heavy atom. The van der Waals surface area contributed by atoms with Crippen LogP contribution in [0.4, 0.5) is 5.69 Å². The zero-order valence-corrected chi connectivity index (χ0v) is 9.59. The molecule has 0 bridgehead atoms. The first kappa shape index (κ1) is 13.1. The van der Waals surface area contributed by atoms with Crippen molar-refractivity contribution in [3.05, 3.63) is 38.8 Å². The van der Waals surface area contributed by atoms with Crippen molar-refractivity contribution < 1.29 is 9.72 Å². The third kappa shape index (κ3) is 3.51. The van der Waals surface area contributed by atoms with Gasteiger partial charge in [-0.25, -0.2) is 0 Å². The van der Waals surface area contributed by atoms with E-state index in [1.54, 1.807) is 6.92 Å². The van der Waals surface area contributed by atoms with Crippen LogP contribution in [0.5, 0.6) is 0 Å². The predicted octanol–water partition coefficient (Wildman–Crippen LogP) is 1.52. The van der Waals surface area contributed by atoms with Gasteiger partial charge in [0.2, 0.25) is 0 Å². The highest BCUT2D eigenvalue weighted by molar-refractivity contribution is 5.77. The van der Waals surface area contributed by atoms with Gasteiger partial charge in [0.15, 0.2) is 0 Å². The third-order valence-corrected chi connectivity index (χ3v) is 2.45. The van der Waals surface area contributed by atoms with Crippen molar-refractivity contribution in [2.24, 2.45) is 0 Å². The second kappa shape index (κ2) is 5.93. The number of pyridine rings is 1. The molecule has 1 rings (SSSR count). The van der Waals surface area contributed by atoms with Crippen LogP contribution >= 0.6 is 0 Å². The summed E-state index contributed by atoms with van der Waals surface area (Å²) in [6, 6.07) is 2.64. The molecule has 0 aliphatic rings. The number of rotatable bonds is 6. The molecule has 92 valence electrons. The molecule has 0 unspecified atom stereocenters. The largest absolute Gasteiger partial charge is 0.334 e. The number of aryl methyl sites for hydroxylation is 1. The maximum Gasteiger partial charge on any atom is 0.334 e. The Kier molecular flexibility index (Phi) is 4.56. The van der Waals surface area contributed by atoms with Crippen LogP contribution in [0.3, 0.4) is 0 Å². The van der Waals surface area contributed by atoms with Gasteiger partial charge in [0.05, 0.1) is 4.92 Å². The lowest BCUT2D eigenvalue weighted by Gasteiger charge is -2.04. The average molecular weight is 238 g/mol. The summed E-state index contributed by atoms with van der Waals surface area (Å²) in [5.41, 5.74) is -1.06. The van der Waals surface area contributed by atoms with Gasteiger partial charge in [0, 0.05) is 31.6 Å². The van der Waals surface area contributed by atoms with Gasteiger partial charge in [-0.2, -0.15) is 0 Å². The minimum atomic E-state index is -0.698. The standard InChI is InChI=1S/C11H14N2O4/c1-2-9(14)5-3-7-12-8-4-6-10(11(12)15)13(16)17/h4,6,8H,2-3,5,7H2,1H3. The first-order valence-corrected chi connectivity index (χ1v) is 5.41. The Hall–Kier alpha value is -1.98. The van der Waals surface area contributed by atoms with Crippen molar-refractivity contribution in [2.45, 2.75) is 32.7 Å². The lowest BCUT2D eigenvalue weighted by molar-refractivity contribution is -0.386. The Balaban J connectivity index is 2.72. The van der Waals surface area contributed by atoms with Crippen molar-refractivity contribution in [3.8, 4) is 0 Å². The lowest BCUT2D eigenvalue weighted by atomic mass is 10.2. The fraction of sp³-hybridized carbons (Fsp3) is 0.455. The second-order valence-corrected chi connectivity index (χ2v) is 3.64. The van der Waals surface area contributed by atoms with Crippen molar-refractivity contribution in [2.75, 3.05) is 0 Å². The zero-order valence-electron chi connectivity index (χ0n) is 9.59. The van der Waals surface area contributed by atoms with E-state index in [-0.39, 0.29) is 5.78 Å². The smallest absolute Gasteiger partial charge is 0.310 e. The molecule has 6 nitrogen and oxygen atoms in total. The van der Waals surface area contributed by atoms with Crippen LogP contribution in [0.15, 0.2) is 23.1 Å². The van der Waals surface area contributed by atoms with Crippen LogP contribution in [0.1, 0.15) is 26.2 Å². The number of carbonyl (C=O) groups is 1. The summed E-state index contributed by atoms with van der Waals surface area (Å²) in [6.45, 7) is 2.11. The van der Waals surface area contributed by atoms with Gasteiger partial charge >= 0.3 is 11.2 Å². The van der Waals surface area contributed by atoms with Crippen LogP contribution in [-0.2, 0) is 11.3 Å². The Morgan fingerprint density at radius 1 is 1.53 bits per heavy atom. The van der Waals surface area contributed by atoms with Crippen LogP contribution in [0.2, 0.25) is 0 Å². The minimum absolute atomic E-state index is 0.128. The van der Waals surface area contributed by atoms with Crippen molar-refractivity contribution in [1.82, 2.24) is 4.57 Å². The number of nitro groups is 1. The van der Waals surface area contributed by atoms with Gasteiger partial charge in [-0.15, -0.1) is 0 Å². The number of ketones is 1. The highest BCUT2D eigenvalue weighted by atomic mass is 16.6. The molecule has 1 aromatic rings. The molecule has 0 fully saturated rings. The molecule has 0 saturated carbocycles. The second-order valence-electron chi connectivity index (χ2n) is 3.64. The first-order valence-electron chi connectivity index (χ1n) is 5.41. The molecular formula is C11H14N2O4. The highest BCUT2D eigenvalue weighted by Crippen LogP contribution is 2.03. The molecule has 0 saturated heterocycles. The SMILES string of the molecule is CCC(=O)CCCn1cccc([N+](=O)[O-])c1=O. The maximum atomic E-state index is 11.6. The minimum Gasteiger partial charge on any atom is -0.310 e. The molecule has 1 heterocycles. The summed E-state index contributed by atoms with van der Waals surface area (Å²) < 4.78 is 1.26. The van der Waals surface area contributed by atoms with Gasteiger partial charge in [-0.1, -0.05) is 6.92 Å². The van der Waals surface area contributed by atoms with Crippen LogP contribution < -0.4 is 5.56 Å². The van der Waals surface area contributed by atoms with Gasteiger partial charge in [0.1, 0.15) is 5.78 Å². The summed E-state index contributed by atoms with van der Waals surface area (Å²) in [5.74, 6) is 0.128. The van der Waals surface area contributed by atoms with E-state index in [1.165, 1.54) is 22.9 Å². The van der Waals surface area contributed by atoms with Crippen LogP contribution in [0.25, 0.3) is 0 Å². The van der Waals surface area contributed by atoms with Gasteiger partial charge < -0.3 is 4.57 Å². The molecule has 0 atom stereocenters. The number of nitrogens with zero attached hydrogens (tertiary/aromatic N) is 2. The van der Waals surface area contributed by atoms with Crippen LogP contribution in [-0.4, -0.2) is 15.3 Å². The molecule has 0 radical (unpaired) electrons.